The molecule has 2 heterocycles. The number of rotatable bonds is 3. The summed E-state index contributed by atoms with van der Waals surface area (Å²) in [6.07, 6.45) is 1.57. The molecule has 0 amide bonds. The Morgan fingerprint density at radius 3 is 2.56 bits per heavy atom. The number of benzene rings is 1. The summed E-state index contributed by atoms with van der Waals surface area (Å²) < 4.78 is 12.8. The molecule has 0 aliphatic carbocycles. The van der Waals surface area contributed by atoms with Crippen LogP contribution in [0.15, 0.2) is 42.6 Å². The number of nitrogens with zero attached hydrogens (tertiary/aromatic N) is 4. The molecule has 0 unspecified atom stereocenters. The zero-order chi connectivity index (χ0) is 17.6. The highest BCUT2D eigenvalue weighted by Gasteiger charge is 2.24. The Hall–Kier alpha value is -2.98. The van der Waals surface area contributed by atoms with E-state index in [1.807, 2.05) is 4.90 Å². The molecule has 1 aliphatic rings. The summed E-state index contributed by atoms with van der Waals surface area (Å²) in [7, 11) is 0. The first-order valence-corrected chi connectivity index (χ1v) is 7.94. The van der Waals surface area contributed by atoms with Crippen LogP contribution in [0.1, 0.15) is 5.56 Å². The molecule has 1 aliphatic heterocycles. The van der Waals surface area contributed by atoms with Crippen LogP contribution in [0.25, 0.3) is 0 Å². The van der Waals surface area contributed by atoms with Gasteiger partial charge in [0.15, 0.2) is 0 Å². The van der Waals surface area contributed by atoms with Crippen molar-refractivity contribution in [1.82, 2.24) is 9.88 Å². The average Bonchev–Trinajstić information content (AvgIpc) is 2.64. The lowest BCUT2D eigenvalue weighted by Gasteiger charge is -2.34. The molecule has 1 aromatic heterocycles. The van der Waals surface area contributed by atoms with Gasteiger partial charge in [-0.2, -0.15) is 0 Å². The van der Waals surface area contributed by atoms with E-state index in [4.69, 9.17) is 0 Å². The van der Waals surface area contributed by atoms with Crippen molar-refractivity contribution in [1.29, 1.82) is 0 Å². The van der Waals surface area contributed by atoms with Gasteiger partial charge < -0.3 is 4.90 Å². The monoisotopic (exact) mass is 340 g/mol. The highest BCUT2D eigenvalue weighted by molar-refractivity contribution is 5.57. The van der Waals surface area contributed by atoms with Crippen LogP contribution >= 0.6 is 0 Å². The molecule has 128 valence electrons. The topological polar surface area (TPSA) is 62.5 Å². The summed E-state index contributed by atoms with van der Waals surface area (Å²) in [4.78, 5) is 19.0. The Morgan fingerprint density at radius 2 is 1.88 bits per heavy atom. The summed E-state index contributed by atoms with van der Waals surface area (Å²) in [6.45, 7) is 3.44. The number of hydrogen-bond donors (Lipinski definition) is 0. The van der Waals surface area contributed by atoms with E-state index in [0.29, 0.717) is 25.5 Å². The van der Waals surface area contributed by atoms with E-state index in [1.54, 1.807) is 24.4 Å². The lowest BCUT2D eigenvalue weighted by Crippen LogP contribution is -2.46. The maximum atomic E-state index is 12.8. The van der Waals surface area contributed by atoms with E-state index in [-0.39, 0.29) is 11.5 Å². The Labute approximate surface area is 145 Å². The van der Waals surface area contributed by atoms with Crippen molar-refractivity contribution in [2.45, 2.75) is 0 Å². The van der Waals surface area contributed by atoms with Gasteiger partial charge in [0.2, 0.25) is 5.82 Å². The molecule has 0 atom stereocenters. The molecular formula is C18H17FN4O2. The lowest BCUT2D eigenvalue weighted by molar-refractivity contribution is -0.384. The number of anilines is 1. The summed E-state index contributed by atoms with van der Waals surface area (Å²) in [5.41, 5.74) is 0.816. The fourth-order valence-corrected chi connectivity index (χ4v) is 2.68. The van der Waals surface area contributed by atoms with Crippen LogP contribution in [0.2, 0.25) is 0 Å². The van der Waals surface area contributed by atoms with Crippen LogP contribution in [-0.2, 0) is 0 Å². The minimum atomic E-state index is -0.400. The third kappa shape index (κ3) is 4.31. The van der Waals surface area contributed by atoms with Crippen LogP contribution in [0.5, 0.6) is 0 Å². The zero-order valence-electron chi connectivity index (χ0n) is 13.6. The second-order valence-electron chi connectivity index (χ2n) is 5.68. The van der Waals surface area contributed by atoms with Gasteiger partial charge in [0.25, 0.3) is 0 Å². The fourth-order valence-electron chi connectivity index (χ4n) is 2.68. The van der Waals surface area contributed by atoms with Crippen LogP contribution < -0.4 is 4.90 Å². The molecule has 0 bridgehead atoms. The van der Waals surface area contributed by atoms with Gasteiger partial charge in [0.1, 0.15) is 5.82 Å². The molecular weight excluding hydrogens is 323 g/mol. The zero-order valence-corrected chi connectivity index (χ0v) is 13.6. The first-order valence-electron chi connectivity index (χ1n) is 7.94. The van der Waals surface area contributed by atoms with Gasteiger partial charge in [-0.05, 0) is 30.3 Å². The summed E-state index contributed by atoms with van der Waals surface area (Å²) in [6, 6.07) is 9.14. The lowest BCUT2D eigenvalue weighted by atomic mass is 10.2. The Bertz CT molecular complexity index is 806. The fraction of sp³-hybridized carbons (Fsp3) is 0.278. The molecule has 1 aromatic carbocycles. The van der Waals surface area contributed by atoms with Crippen molar-refractivity contribution in [2.24, 2.45) is 0 Å². The third-order valence-electron chi connectivity index (χ3n) is 4.01. The van der Waals surface area contributed by atoms with Crippen LogP contribution in [-0.4, -0.2) is 47.5 Å². The molecule has 25 heavy (non-hydrogen) atoms. The molecule has 0 spiro atoms. The first kappa shape index (κ1) is 16.9. The predicted octanol–water partition coefficient (Wildman–Crippen LogP) is 2.30. The van der Waals surface area contributed by atoms with Crippen molar-refractivity contribution < 1.29 is 9.31 Å². The van der Waals surface area contributed by atoms with Crippen LogP contribution in [0, 0.1) is 27.8 Å². The van der Waals surface area contributed by atoms with E-state index < -0.39 is 4.92 Å². The SMILES string of the molecule is O=[N+]([O-])c1cccnc1N1CCN(CC#Cc2ccc(F)cc2)CC1. The Morgan fingerprint density at radius 1 is 1.16 bits per heavy atom. The summed E-state index contributed by atoms with van der Waals surface area (Å²) >= 11 is 0. The van der Waals surface area contributed by atoms with Gasteiger partial charge in [-0.25, -0.2) is 9.37 Å². The minimum Gasteiger partial charge on any atom is -0.348 e. The Balaban J connectivity index is 1.56. The number of piperazine rings is 1. The largest absolute Gasteiger partial charge is 0.348 e. The van der Waals surface area contributed by atoms with Gasteiger partial charge in [-0.3, -0.25) is 15.0 Å². The van der Waals surface area contributed by atoms with Gasteiger partial charge in [-0.1, -0.05) is 11.8 Å². The highest BCUT2D eigenvalue weighted by atomic mass is 19.1. The standard InChI is InChI=1S/C18H17FN4O2/c19-16-7-5-15(6-8-16)3-2-10-21-11-13-22(14-12-21)18-17(23(24)25)4-1-9-20-18/h1,4-9H,10-14H2. The predicted molar refractivity (Wildman–Crippen MR) is 92.8 cm³/mol. The first-order chi connectivity index (χ1) is 12.1. The molecule has 0 N–H and O–H groups in total. The molecule has 1 fully saturated rings. The van der Waals surface area contributed by atoms with E-state index in [0.717, 1.165) is 18.7 Å². The maximum Gasteiger partial charge on any atom is 0.311 e. The highest BCUT2D eigenvalue weighted by Crippen LogP contribution is 2.25. The molecule has 6 nitrogen and oxygen atoms in total. The van der Waals surface area contributed by atoms with E-state index in [1.165, 1.54) is 18.2 Å². The minimum absolute atomic E-state index is 0.0343. The number of halogens is 1. The van der Waals surface area contributed by atoms with Gasteiger partial charge >= 0.3 is 5.69 Å². The smallest absolute Gasteiger partial charge is 0.311 e. The summed E-state index contributed by atoms with van der Waals surface area (Å²) in [5, 5.41) is 11.1. The van der Waals surface area contributed by atoms with Crippen LogP contribution in [0.3, 0.4) is 0 Å². The molecule has 0 saturated carbocycles. The number of nitro groups is 1. The second-order valence-corrected chi connectivity index (χ2v) is 5.68. The average molecular weight is 340 g/mol. The summed E-state index contributed by atoms with van der Waals surface area (Å²) in [5.74, 6) is 6.25. The quantitative estimate of drug-likeness (QED) is 0.487. The van der Waals surface area contributed by atoms with Gasteiger partial charge in [-0.15, -0.1) is 0 Å². The second kappa shape index (κ2) is 7.73. The molecule has 1 saturated heterocycles. The van der Waals surface area contributed by atoms with Crippen molar-refractivity contribution in [2.75, 3.05) is 37.6 Å². The Kier molecular flexibility index (Phi) is 5.21. The van der Waals surface area contributed by atoms with Crippen molar-refractivity contribution in [3.63, 3.8) is 0 Å². The van der Waals surface area contributed by atoms with E-state index in [9.17, 15) is 14.5 Å². The van der Waals surface area contributed by atoms with Crippen molar-refractivity contribution >= 4 is 11.5 Å². The molecule has 2 aromatic rings. The van der Waals surface area contributed by atoms with Crippen molar-refractivity contribution in [3.8, 4) is 11.8 Å². The number of hydrogen-bond acceptors (Lipinski definition) is 5. The van der Waals surface area contributed by atoms with E-state index in [2.05, 4.69) is 21.7 Å². The van der Waals surface area contributed by atoms with Crippen LogP contribution in [0.4, 0.5) is 15.9 Å². The van der Waals surface area contributed by atoms with Gasteiger partial charge in [0, 0.05) is 44.0 Å². The maximum absolute atomic E-state index is 12.8. The number of pyridine rings is 1. The molecule has 3 rings (SSSR count). The third-order valence-corrected chi connectivity index (χ3v) is 4.01. The molecule has 0 radical (unpaired) electrons. The normalized spacial score (nSPS) is 14.7. The van der Waals surface area contributed by atoms with E-state index >= 15 is 0 Å². The number of aromatic nitrogens is 1. The van der Waals surface area contributed by atoms with Crippen molar-refractivity contribution in [3.05, 3.63) is 64.1 Å². The van der Waals surface area contributed by atoms with Gasteiger partial charge in [0.05, 0.1) is 11.5 Å². The molecule has 7 heteroatoms.